The average molecular weight is 315 g/mol. The zero-order valence-corrected chi connectivity index (χ0v) is 10.9. The van der Waals surface area contributed by atoms with Crippen LogP contribution in [0.3, 0.4) is 0 Å². The van der Waals surface area contributed by atoms with Crippen molar-refractivity contribution in [3.05, 3.63) is 28.5 Å². The van der Waals surface area contributed by atoms with E-state index >= 15 is 0 Å². The highest BCUT2D eigenvalue weighted by atomic mass is 79.9. The second-order valence-corrected chi connectivity index (χ2v) is 4.82. The zero-order valence-electron chi connectivity index (χ0n) is 9.35. The van der Waals surface area contributed by atoms with Gasteiger partial charge in [0, 0.05) is 24.8 Å². The Morgan fingerprint density at radius 2 is 2.33 bits per heavy atom. The molecule has 2 rings (SSSR count). The summed E-state index contributed by atoms with van der Waals surface area (Å²) in [5.41, 5.74) is -0.975. The third-order valence-corrected chi connectivity index (χ3v) is 3.21. The molecule has 7 heteroatoms. The van der Waals surface area contributed by atoms with Crippen LogP contribution in [-0.4, -0.2) is 40.7 Å². The van der Waals surface area contributed by atoms with Gasteiger partial charge in [0.2, 0.25) is 0 Å². The van der Waals surface area contributed by atoms with Gasteiger partial charge in [-0.1, -0.05) is 0 Å². The number of hydrogen-bond donors (Lipinski definition) is 2. The van der Waals surface area contributed by atoms with Crippen molar-refractivity contribution in [2.45, 2.75) is 12.0 Å². The highest BCUT2D eigenvalue weighted by Gasteiger charge is 2.44. The molecule has 18 heavy (non-hydrogen) atoms. The number of carboxylic acid groups (broad SMARTS) is 1. The van der Waals surface area contributed by atoms with Gasteiger partial charge >= 0.3 is 5.97 Å². The van der Waals surface area contributed by atoms with E-state index < -0.39 is 17.4 Å². The summed E-state index contributed by atoms with van der Waals surface area (Å²) in [4.78, 5) is 27.1. The second-order valence-electron chi connectivity index (χ2n) is 4.01. The fourth-order valence-electron chi connectivity index (χ4n) is 1.72. The molecule has 2 N–H and O–H groups in total. The maximum absolute atomic E-state index is 12.0. The SMILES string of the molecule is O=C(NC1(C(=O)O)CCOC1)c1ccnc(Br)c1. The van der Waals surface area contributed by atoms with E-state index in [9.17, 15) is 14.7 Å². The number of nitrogens with one attached hydrogen (secondary N) is 1. The summed E-state index contributed by atoms with van der Waals surface area (Å²) in [7, 11) is 0. The molecule has 1 unspecified atom stereocenters. The lowest BCUT2D eigenvalue weighted by molar-refractivity contribution is -0.144. The lowest BCUT2D eigenvalue weighted by atomic mass is 9.98. The lowest BCUT2D eigenvalue weighted by Gasteiger charge is -2.23. The summed E-state index contributed by atoms with van der Waals surface area (Å²) >= 11 is 3.15. The van der Waals surface area contributed by atoms with Crippen molar-refractivity contribution in [3.8, 4) is 0 Å². The first-order valence-electron chi connectivity index (χ1n) is 5.29. The van der Waals surface area contributed by atoms with Crippen LogP contribution in [0.1, 0.15) is 16.8 Å². The van der Waals surface area contributed by atoms with E-state index in [1.54, 1.807) is 0 Å². The number of halogens is 1. The van der Waals surface area contributed by atoms with Crippen molar-refractivity contribution in [1.82, 2.24) is 10.3 Å². The number of hydrogen-bond acceptors (Lipinski definition) is 4. The Bertz CT molecular complexity index is 486. The van der Waals surface area contributed by atoms with Crippen LogP contribution in [0.25, 0.3) is 0 Å². The van der Waals surface area contributed by atoms with Crippen LogP contribution in [0.2, 0.25) is 0 Å². The van der Waals surface area contributed by atoms with Crippen molar-refractivity contribution in [1.29, 1.82) is 0 Å². The van der Waals surface area contributed by atoms with Crippen LogP contribution in [0.4, 0.5) is 0 Å². The van der Waals surface area contributed by atoms with Crippen molar-refractivity contribution < 1.29 is 19.4 Å². The molecule has 1 aromatic rings. The second kappa shape index (κ2) is 5.03. The molecule has 1 saturated heterocycles. The molecule has 1 aromatic heterocycles. The number of carbonyl (C=O) groups is 2. The highest BCUT2D eigenvalue weighted by molar-refractivity contribution is 9.10. The monoisotopic (exact) mass is 314 g/mol. The van der Waals surface area contributed by atoms with Crippen LogP contribution in [0.5, 0.6) is 0 Å². The molecule has 0 bridgehead atoms. The van der Waals surface area contributed by atoms with Gasteiger partial charge < -0.3 is 15.2 Å². The summed E-state index contributed by atoms with van der Waals surface area (Å²) in [5.74, 6) is -1.53. The predicted octanol–water partition coefficient (Wildman–Crippen LogP) is 0.818. The summed E-state index contributed by atoms with van der Waals surface area (Å²) in [6.07, 6.45) is 1.73. The quantitative estimate of drug-likeness (QED) is 0.806. The number of rotatable bonds is 3. The minimum absolute atomic E-state index is 0.0136. The smallest absolute Gasteiger partial charge is 0.331 e. The molecule has 1 amide bonds. The molecule has 2 heterocycles. The fourth-order valence-corrected chi connectivity index (χ4v) is 2.08. The molecular weight excluding hydrogens is 304 g/mol. The van der Waals surface area contributed by atoms with Crippen LogP contribution >= 0.6 is 15.9 Å². The Balaban J connectivity index is 2.18. The molecule has 0 radical (unpaired) electrons. The summed E-state index contributed by atoms with van der Waals surface area (Å²) in [5, 5.41) is 11.7. The first-order chi connectivity index (χ1) is 8.53. The van der Waals surface area contributed by atoms with Crippen molar-refractivity contribution >= 4 is 27.8 Å². The summed E-state index contributed by atoms with van der Waals surface area (Å²) in [6, 6.07) is 3.05. The van der Waals surface area contributed by atoms with Gasteiger partial charge in [-0.25, -0.2) is 9.78 Å². The van der Waals surface area contributed by atoms with E-state index in [-0.39, 0.29) is 13.0 Å². The molecule has 0 aliphatic carbocycles. The van der Waals surface area contributed by atoms with Gasteiger partial charge in [0.1, 0.15) is 4.60 Å². The normalized spacial score (nSPS) is 22.7. The molecule has 1 aliphatic heterocycles. The summed E-state index contributed by atoms with van der Waals surface area (Å²) < 4.78 is 5.58. The molecular formula is C11H11BrN2O4. The Labute approximate surface area is 111 Å². The standard InChI is InChI=1S/C11H11BrN2O4/c12-8-5-7(1-3-13-8)9(15)14-11(10(16)17)2-4-18-6-11/h1,3,5H,2,4,6H2,(H,14,15)(H,16,17). The molecule has 0 aromatic carbocycles. The number of nitrogens with zero attached hydrogens (tertiary/aromatic N) is 1. The van der Waals surface area contributed by atoms with E-state index in [1.807, 2.05) is 0 Å². The average Bonchev–Trinajstić information content (AvgIpc) is 2.79. The third-order valence-electron chi connectivity index (χ3n) is 2.77. The van der Waals surface area contributed by atoms with Crippen molar-refractivity contribution in [2.75, 3.05) is 13.2 Å². The number of amides is 1. The maximum Gasteiger partial charge on any atom is 0.331 e. The van der Waals surface area contributed by atoms with E-state index in [2.05, 4.69) is 26.2 Å². The molecule has 6 nitrogen and oxygen atoms in total. The Kier molecular flexibility index (Phi) is 3.63. The Hall–Kier alpha value is -1.47. The molecule has 0 spiro atoms. The predicted molar refractivity (Wildman–Crippen MR) is 65.2 cm³/mol. The zero-order chi connectivity index (χ0) is 13.2. The van der Waals surface area contributed by atoms with E-state index in [4.69, 9.17) is 4.74 Å². The van der Waals surface area contributed by atoms with Gasteiger partial charge in [-0.3, -0.25) is 4.79 Å². The largest absolute Gasteiger partial charge is 0.479 e. The summed E-state index contributed by atoms with van der Waals surface area (Å²) in [6.45, 7) is 0.312. The molecule has 96 valence electrons. The number of ether oxygens (including phenoxy) is 1. The lowest BCUT2D eigenvalue weighted by Crippen LogP contribution is -2.55. The van der Waals surface area contributed by atoms with Crippen LogP contribution < -0.4 is 5.32 Å². The first-order valence-corrected chi connectivity index (χ1v) is 6.08. The Morgan fingerprint density at radius 3 is 2.89 bits per heavy atom. The highest BCUT2D eigenvalue weighted by Crippen LogP contribution is 2.20. The van der Waals surface area contributed by atoms with Gasteiger partial charge in [0.15, 0.2) is 5.54 Å². The van der Waals surface area contributed by atoms with Crippen LogP contribution in [0.15, 0.2) is 22.9 Å². The number of carbonyl (C=O) groups excluding carboxylic acids is 1. The van der Waals surface area contributed by atoms with Gasteiger partial charge in [-0.15, -0.1) is 0 Å². The van der Waals surface area contributed by atoms with Gasteiger partial charge in [0.05, 0.1) is 6.61 Å². The first kappa shape index (κ1) is 13.0. The van der Waals surface area contributed by atoms with Crippen molar-refractivity contribution in [3.63, 3.8) is 0 Å². The van der Waals surface area contributed by atoms with E-state index in [0.717, 1.165) is 0 Å². The number of pyridine rings is 1. The Morgan fingerprint density at radius 1 is 1.56 bits per heavy atom. The molecule has 1 aliphatic rings. The minimum atomic E-state index is -1.33. The van der Waals surface area contributed by atoms with E-state index in [1.165, 1.54) is 18.3 Å². The van der Waals surface area contributed by atoms with E-state index in [0.29, 0.717) is 16.8 Å². The molecule has 1 fully saturated rings. The van der Waals surface area contributed by atoms with Crippen LogP contribution in [-0.2, 0) is 9.53 Å². The van der Waals surface area contributed by atoms with Crippen molar-refractivity contribution in [2.24, 2.45) is 0 Å². The number of carboxylic acids is 1. The van der Waals surface area contributed by atoms with Gasteiger partial charge in [0.25, 0.3) is 5.91 Å². The molecule has 0 saturated carbocycles. The molecule has 1 atom stereocenters. The minimum Gasteiger partial charge on any atom is -0.479 e. The topological polar surface area (TPSA) is 88.5 Å². The number of aromatic nitrogens is 1. The van der Waals surface area contributed by atoms with Gasteiger partial charge in [-0.05, 0) is 28.1 Å². The third kappa shape index (κ3) is 2.51. The van der Waals surface area contributed by atoms with Crippen LogP contribution in [0, 0.1) is 0 Å². The fraction of sp³-hybridized carbons (Fsp3) is 0.364. The van der Waals surface area contributed by atoms with Gasteiger partial charge in [-0.2, -0.15) is 0 Å². The number of aliphatic carboxylic acids is 1. The maximum atomic E-state index is 12.0.